The highest BCUT2D eigenvalue weighted by molar-refractivity contribution is 5.76. The first-order chi connectivity index (χ1) is 9.75. The van der Waals surface area contributed by atoms with Crippen LogP contribution in [-0.2, 0) is 11.2 Å². The minimum Gasteiger partial charge on any atom is -0.353 e. The monoisotopic (exact) mass is 274 g/mol. The minimum atomic E-state index is 0.201. The maximum atomic E-state index is 12.0. The van der Waals surface area contributed by atoms with Gasteiger partial charge in [-0.3, -0.25) is 4.79 Å². The van der Waals surface area contributed by atoms with E-state index in [-0.39, 0.29) is 5.91 Å². The second-order valence-electron chi connectivity index (χ2n) is 5.78. The van der Waals surface area contributed by atoms with Crippen molar-refractivity contribution in [1.29, 1.82) is 0 Å². The van der Waals surface area contributed by atoms with Gasteiger partial charge in [0.2, 0.25) is 5.91 Å². The van der Waals surface area contributed by atoms with Gasteiger partial charge in [0.15, 0.2) is 0 Å². The van der Waals surface area contributed by atoms with Gasteiger partial charge in [0.1, 0.15) is 0 Å². The summed E-state index contributed by atoms with van der Waals surface area (Å²) in [5.41, 5.74) is 1.31. The summed E-state index contributed by atoms with van der Waals surface area (Å²) < 4.78 is 0. The number of benzene rings is 1. The second-order valence-corrected chi connectivity index (χ2v) is 5.78. The predicted octanol–water partition coefficient (Wildman–Crippen LogP) is 2.51. The summed E-state index contributed by atoms with van der Waals surface area (Å²) >= 11 is 0. The molecule has 0 saturated carbocycles. The molecule has 2 N–H and O–H groups in total. The van der Waals surface area contributed by atoms with E-state index in [1.165, 1.54) is 18.4 Å². The topological polar surface area (TPSA) is 41.1 Å². The molecule has 0 aliphatic carbocycles. The Hall–Kier alpha value is -1.35. The molecule has 1 atom stereocenters. The summed E-state index contributed by atoms with van der Waals surface area (Å²) in [7, 11) is 0. The first kappa shape index (κ1) is 15.0. The third-order valence-electron chi connectivity index (χ3n) is 4.19. The van der Waals surface area contributed by atoms with Crippen molar-refractivity contribution in [2.45, 2.75) is 45.1 Å². The van der Waals surface area contributed by atoms with Gasteiger partial charge in [-0.15, -0.1) is 0 Å². The van der Waals surface area contributed by atoms with Crippen molar-refractivity contribution in [3.05, 3.63) is 35.9 Å². The van der Waals surface area contributed by atoms with Gasteiger partial charge in [-0.2, -0.15) is 0 Å². The van der Waals surface area contributed by atoms with Crippen LogP contribution in [0.15, 0.2) is 30.3 Å². The van der Waals surface area contributed by atoms with Crippen LogP contribution >= 0.6 is 0 Å². The summed E-state index contributed by atoms with van der Waals surface area (Å²) in [6, 6.07) is 10.7. The number of carbonyl (C=O) groups is 1. The van der Waals surface area contributed by atoms with E-state index in [0.717, 1.165) is 25.9 Å². The number of rotatable bonds is 6. The van der Waals surface area contributed by atoms with E-state index in [4.69, 9.17) is 0 Å². The molecule has 3 nitrogen and oxygen atoms in total. The first-order valence-corrected chi connectivity index (χ1v) is 7.79. The van der Waals surface area contributed by atoms with E-state index in [9.17, 15) is 4.79 Å². The smallest absolute Gasteiger partial charge is 0.220 e. The lowest BCUT2D eigenvalue weighted by molar-refractivity contribution is -0.122. The lowest BCUT2D eigenvalue weighted by Gasteiger charge is -2.28. The molecular weight excluding hydrogens is 248 g/mol. The first-order valence-electron chi connectivity index (χ1n) is 7.79. The Balaban J connectivity index is 1.64. The van der Waals surface area contributed by atoms with Crippen LogP contribution in [0.5, 0.6) is 0 Å². The molecule has 3 heteroatoms. The fourth-order valence-electron chi connectivity index (χ4n) is 2.89. The van der Waals surface area contributed by atoms with Gasteiger partial charge in [-0.05, 0) is 57.2 Å². The molecule has 110 valence electrons. The molecule has 0 spiro atoms. The van der Waals surface area contributed by atoms with Gasteiger partial charge >= 0.3 is 0 Å². The van der Waals surface area contributed by atoms with Gasteiger partial charge in [0.25, 0.3) is 0 Å². The third-order valence-corrected chi connectivity index (χ3v) is 4.19. The zero-order valence-electron chi connectivity index (χ0n) is 12.4. The van der Waals surface area contributed by atoms with Gasteiger partial charge in [0.05, 0.1) is 0 Å². The number of amides is 1. The number of carbonyl (C=O) groups excluding carboxylic acids is 1. The maximum Gasteiger partial charge on any atom is 0.220 e. The molecule has 1 fully saturated rings. The molecule has 1 amide bonds. The minimum absolute atomic E-state index is 0.201. The molecule has 1 aromatic rings. The molecule has 1 aromatic carbocycles. The highest BCUT2D eigenvalue weighted by Crippen LogP contribution is 2.16. The van der Waals surface area contributed by atoms with Crippen molar-refractivity contribution in [2.75, 3.05) is 13.1 Å². The van der Waals surface area contributed by atoms with Crippen LogP contribution in [0.3, 0.4) is 0 Å². The lowest BCUT2D eigenvalue weighted by atomic mass is 9.91. The zero-order chi connectivity index (χ0) is 14.2. The second kappa shape index (κ2) is 8.05. The highest BCUT2D eigenvalue weighted by atomic mass is 16.1. The fraction of sp³-hybridized carbons (Fsp3) is 0.588. The summed E-state index contributed by atoms with van der Waals surface area (Å²) in [4.78, 5) is 12.0. The van der Waals surface area contributed by atoms with Crippen LogP contribution < -0.4 is 10.6 Å². The van der Waals surface area contributed by atoms with Gasteiger partial charge in [-0.1, -0.05) is 30.3 Å². The van der Waals surface area contributed by atoms with Crippen molar-refractivity contribution in [3.63, 3.8) is 0 Å². The van der Waals surface area contributed by atoms with Gasteiger partial charge in [-0.25, -0.2) is 0 Å². The molecule has 1 aliphatic rings. The Bertz CT molecular complexity index is 399. The van der Waals surface area contributed by atoms with Crippen LogP contribution in [0.2, 0.25) is 0 Å². The van der Waals surface area contributed by atoms with Crippen LogP contribution in [0.25, 0.3) is 0 Å². The Kier molecular flexibility index (Phi) is 6.06. The van der Waals surface area contributed by atoms with E-state index < -0.39 is 0 Å². The number of aryl methyl sites for hydroxylation is 1. The average Bonchev–Trinajstić information content (AvgIpc) is 2.49. The number of nitrogens with one attached hydrogen (secondary N) is 2. The third kappa shape index (κ3) is 4.97. The molecule has 1 heterocycles. The molecule has 0 bridgehead atoms. The van der Waals surface area contributed by atoms with Crippen molar-refractivity contribution < 1.29 is 4.79 Å². The van der Waals surface area contributed by atoms with E-state index in [1.54, 1.807) is 0 Å². The Morgan fingerprint density at radius 2 is 2.00 bits per heavy atom. The summed E-state index contributed by atoms with van der Waals surface area (Å²) in [5.74, 6) is 0.835. The molecule has 1 unspecified atom stereocenters. The zero-order valence-corrected chi connectivity index (χ0v) is 12.4. The summed E-state index contributed by atoms with van der Waals surface area (Å²) in [6.07, 6.45) is 4.88. The van der Waals surface area contributed by atoms with E-state index >= 15 is 0 Å². The largest absolute Gasteiger partial charge is 0.353 e. The summed E-state index contributed by atoms with van der Waals surface area (Å²) in [5, 5.41) is 6.53. The van der Waals surface area contributed by atoms with Crippen LogP contribution in [0, 0.1) is 5.92 Å². The molecular formula is C17H26N2O. The lowest BCUT2D eigenvalue weighted by Crippen LogP contribution is -2.42. The fourth-order valence-corrected chi connectivity index (χ4v) is 2.89. The molecule has 1 saturated heterocycles. The predicted molar refractivity (Wildman–Crippen MR) is 82.6 cm³/mol. The van der Waals surface area contributed by atoms with E-state index in [0.29, 0.717) is 18.4 Å². The summed E-state index contributed by atoms with van der Waals surface area (Å²) in [6.45, 7) is 4.31. The quantitative estimate of drug-likeness (QED) is 0.837. The Labute approximate surface area is 122 Å². The molecule has 20 heavy (non-hydrogen) atoms. The molecule has 1 aliphatic heterocycles. The van der Waals surface area contributed by atoms with Gasteiger partial charge < -0.3 is 10.6 Å². The molecule has 0 aromatic heterocycles. The highest BCUT2D eigenvalue weighted by Gasteiger charge is 2.20. The van der Waals surface area contributed by atoms with E-state index in [2.05, 4.69) is 41.8 Å². The van der Waals surface area contributed by atoms with Crippen LogP contribution in [0.1, 0.15) is 38.2 Å². The van der Waals surface area contributed by atoms with Crippen molar-refractivity contribution in [2.24, 2.45) is 5.92 Å². The number of hydrogen-bond acceptors (Lipinski definition) is 2. The van der Waals surface area contributed by atoms with Crippen molar-refractivity contribution >= 4 is 5.91 Å². The van der Waals surface area contributed by atoms with Crippen molar-refractivity contribution in [3.8, 4) is 0 Å². The van der Waals surface area contributed by atoms with Crippen LogP contribution in [-0.4, -0.2) is 25.0 Å². The molecule has 2 rings (SSSR count). The van der Waals surface area contributed by atoms with Crippen molar-refractivity contribution in [1.82, 2.24) is 10.6 Å². The van der Waals surface area contributed by atoms with Gasteiger partial charge in [0, 0.05) is 12.5 Å². The average molecular weight is 274 g/mol. The normalized spacial score (nSPS) is 17.6. The number of piperidine rings is 1. The van der Waals surface area contributed by atoms with E-state index in [1.807, 2.05) is 6.07 Å². The van der Waals surface area contributed by atoms with Crippen LogP contribution in [0.4, 0.5) is 0 Å². The number of hydrogen-bond donors (Lipinski definition) is 2. The standard InChI is InChI=1S/C17H26N2O/c1-14(16-10-12-18-13-11-16)19-17(20)9-5-8-15-6-3-2-4-7-15/h2-4,6-7,14,16,18H,5,8-13H2,1H3,(H,19,20). The SMILES string of the molecule is CC(NC(=O)CCCc1ccccc1)C1CCNCC1. The Morgan fingerprint density at radius 1 is 1.30 bits per heavy atom. The Morgan fingerprint density at radius 3 is 2.70 bits per heavy atom. The molecule has 0 radical (unpaired) electrons. The maximum absolute atomic E-state index is 12.0.